The van der Waals surface area contributed by atoms with Crippen molar-refractivity contribution in [3.63, 3.8) is 0 Å². The van der Waals surface area contributed by atoms with Crippen LogP contribution in [0.4, 0.5) is 0 Å². The van der Waals surface area contributed by atoms with Gasteiger partial charge in [-0.05, 0) is 55.6 Å². The van der Waals surface area contributed by atoms with E-state index < -0.39 is 5.41 Å². The molecule has 1 aliphatic carbocycles. The molecule has 4 bridgehead atoms. The van der Waals surface area contributed by atoms with Crippen LogP contribution in [0.5, 0.6) is 0 Å². The van der Waals surface area contributed by atoms with E-state index in [1.54, 1.807) is 0 Å². The number of carbonyl (C=O) groups is 2. The molecule has 1 aromatic carbocycles. The van der Waals surface area contributed by atoms with Gasteiger partial charge in [-0.25, -0.2) is 0 Å². The van der Waals surface area contributed by atoms with Gasteiger partial charge in [0, 0.05) is 42.1 Å². The lowest BCUT2D eigenvalue weighted by atomic mass is 9.56. The lowest BCUT2D eigenvalue weighted by Crippen LogP contribution is -2.67. The summed E-state index contributed by atoms with van der Waals surface area (Å²) in [4.78, 5) is 32.4. The standard InChI is InChI=1S/C33H48N2O4/c1-3-4-5-6-7-8-9-10-11-16-29(36)39-20-18-25-21-24-22-33(32(37)38-2)30-27(17-19-35(23-24)31(25)33)26-14-12-13-15-28(26)34-30/h12-15,24-25,31,34H,3-11,16-23H2,1-2H3/t24-,25?,31?,33?/m0/s1. The molecular weight excluding hydrogens is 488 g/mol. The number of ether oxygens (including phenoxy) is 2. The SMILES string of the molecule is CCCCCCCCCCCC(=O)OCCC1C[C@@H]2CN3CCc4c([nH]c5ccccc45)C(C(=O)OC)(C2)C13. The first-order valence-electron chi connectivity index (χ1n) is 15.7. The van der Waals surface area contributed by atoms with E-state index in [0.29, 0.717) is 24.9 Å². The Kier molecular flexibility index (Phi) is 9.32. The minimum absolute atomic E-state index is 0.0697. The smallest absolute Gasteiger partial charge is 0.319 e. The van der Waals surface area contributed by atoms with Crippen molar-refractivity contribution in [3.05, 3.63) is 35.5 Å². The molecule has 2 saturated heterocycles. The number of methoxy groups -OCH3 is 1. The van der Waals surface area contributed by atoms with Crippen LogP contribution >= 0.6 is 0 Å². The molecule has 6 rings (SSSR count). The number of benzene rings is 1. The van der Waals surface area contributed by atoms with Gasteiger partial charge in [0.2, 0.25) is 0 Å². The van der Waals surface area contributed by atoms with E-state index in [4.69, 9.17) is 9.47 Å². The van der Waals surface area contributed by atoms with Crippen LogP contribution in [0.25, 0.3) is 10.9 Å². The molecule has 0 radical (unpaired) electrons. The fraction of sp³-hybridized carbons (Fsp3) is 0.697. The Morgan fingerprint density at radius 2 is 1.79 bits per heavy atom. The van der Waals surface area contributed by atoms with Crippen LogP contribution in [0.1, 0.15) is 102 Å². The van der Waals surface area contributed by atoms with Gasteiger partial charge in [0.1, 0.15) is 5.41 Å². The van der Waals surface area contributed by atoms with Crippen LogP contribution in [-0.4, -0.2) is 54.7 Å². The Balaban J connectivity index is 1.19. The van der Waals surface area contributed by atoms with Crippen molar-refractivity contribution in [1.82, 2.24) is 9.88 Å². The van der Waals surface area contributed by atoms with Crippen LogP contribution in [-0.2, 0) is 30.9 Å². The molecule has 4 unspecified atom stereocenters. The Morgan fingerprint density at radius 1 is 1.05 bits per heavy atom. The van der Waals surface area contributed by atoms with Gasteiger partial charge < -0.3 is 14.5 Å². The van der Waals surface area contributed by atoms with Gasteiger partial charge in [0.25, 0.3) is 0 Å². The Bertz CT molecular complexity index is 1130. The number of hydrogen-bond acceptors (Lipinski definition) is 5. The van der Waals surface area contributed by atoms with Crippen LogP contribution in [0, 0.1) is 11.8 Å². The van der Waals surface area contributed by atoms with Crippen molar-refractivity contribution in [2.24, 2.45) is 11.8 Å². The number of carbonyl (C=O) groups excluding carboxylic acids is 2. The van der Waals surface area contributed by atoms with Crippen molar-refractivity contribution in [2.75, 3.05) is 26.8 Å². The van der Waals surface area contributed by atoms with Crippen LogP contribution in [0.2, 0.25) is 0 Å². The highest BCUT2D eigenvalue weighted by Gasteiger charge is 2.62. The van der Waals surface area contributed by atoms with Gasteiger partial charge in [-0.1, -0.05) is 76.5 Å². The molecule has 4 aliphatic rings. The zero-order chi connectivity index (χ0) is 27.2. The number of piperidine rings is 2. The lowest BCUT2D eigenvalue weighted by Gasteiger charge is -2.57. The number of fused-ring (bicyclic) bond motifs is 4. The third kappa shape index (κ3) is 5.77. The number of rotatable bonds is 14. The third-order valence-corrected chi connectivity index (χ3v) is 9.78. The number of unbranched alkanes of at least 4 members (excludes halogenated alkanes) is 8. The largest absolute Gasteiger partial charge is 0.468 e. The minimum atomic E-state index is -0.689. The number of H-pyrrole nitrogens is 1. The lowest BCUT2D eigenvalue weighted by molar-refractivity contribution is -0.163. The predicted molar refractivity (Wildman–Crippen MR) is 155 cm³/mol. The number of aromatic amines is 1. The summed E-state index contributed by atoms with van der Waals surface area (Å²) < 4.78 is 11.3. The minimum Gasteiger partial charge on any atom is -0.468 e. The quantitative estimate of drug-likeness (QED) is 0.215. The molecule has 3 aliphatic heterocycles. The zero-order valence-corrected chi connectivity index (χ0v) is 24.1. The summed E-state index contributed by atoms with van der Waals surface area (Å²) in [6, 6.07) is 8.48. The van der Waals surface area contributed by atoms with Crippen molar-refractivity contribution >= 4 is 22.8 Å². The molecule has 5 atom stereocenters. The van der Waals surface area contributed by atoms with Gasteiger partial charge in [0.05, 0.1) is 13.7 Å². The van der Waals surface area contributed by atoms with E-state index in [-0.39, 0.29) is 18.0 Å². The highest BCUT2D eigenvalue weighted by Crippen LogP contribution is 2.55. The molecule has 0 amide bonds. The summed E-state index contributed by atoms with van der Waals surface area (Å²) in [6.07, 6.45) is 15.3. The van der Waals surface area contributed by atoms with Crippen LogP contribution in [0.15, 0.2) is 24.3 Å². The fourth-order valence-electron chi connectivity index (χ4n) is 8.13. The Labute approximate surface area is 234 Å². The van der Waals surface area contributed by atoms with Gasteiger partial charge >= 0.3 is 11.9 Å². The maximum Gasteiger partial charge on any atom is 0.319 e. The van der Waals surface area contributed by atoms with Gasteiger partial charge in [-0.2, -0.15) is 0 Å². The molecule has 3 fully saturated rings. The molecule has 39 heavy (non-hydrogen) atoms. The molecule has 2 aromatic rings. The topological polar surface area (TPSA) is 71.6 Å². The van der Waals surface area contributed by atoms with E-state index >= 15 is 0 Å². The van der Waals surface area contributed by atoms with E-state index in [1.807, 2.05) is 6.07 Å². The molecule has 0 spiro atoms. The fourth-order valence-corrected chi connectivity index (χ4v) is 8.13. The summed E-state index contributed by atoms with van der Waals surface area (Å²) in [5.41, 5.74) is 2.76. The molecule has 214 valence electrons. The first kappa shape index (κ1) is 28.2. The number of esters is 2. The average molecular weight is 537 g/mol. The summed E-state index contributed by atoms with van der Waals surface area (Å²) in [5.74, 6) is 0.546. The van der Waals surface area contributed by atoms with E-state index in [2.05, 4.69) is 35.0 Å². The first-order chi connectivity index (χ1) is 19.1. The Hall–Kier alpha value is -2.34. The molecule has 6 heteroatoms. The third-order valence-electron chi connectivity index (χ3n) is 9.78. The van der Waals surface area contributed by atoms with Crippen LogP contribution < -0.4 is 0 Å². The number of aromatic nitrogens is 1. The number of hydrogen-bond donors (Lipinski definition) is 1. The maximum absolute atomic E-state index is 13.7. The first-order valence-corrected chi connectivity index (χ1v) is 15.7. The van der Waals surface area contributed by atoms with Crippen molar-refractivity contribution < 1.29 is 19.1 Å². The molecule has 6 nitrogen and oxygen atoms in total. The second-order valence-electron chi connectivity index (χ2n) is 12.3. The van der Waals surface area contributed by atoms with Crippen molar-refractivity contribution in [3.8, 4) is 0 Å². The number of para-hydroxylation sites is 1. The molecule has 4 heterocycles. The summed E-state index contributed by atoms with van der Waals surface area (Å²) in [5, 5.41) is 1.22. The Morgan fingerprint density at radius 3 is 2.56 bits per heavy atom. The number of nitrogens with zero attached hydrogens (tertiary/aromatic N) is 1. The maximum atomic E-state index is 13.7. The van der Waals surface area contributed by atoms with Crippen molar-refractivity contribution in [1.29, 1.82) is 0 Å². The molecular formula is C33H48N2O4. The summed E-state index contributed by atoms with van der Waals surface area (Å²) in [6.45, 7) is 4.68. The van der Waals surface area contributed by atoms with Crippen LogP contribution in [0.3, 0.4) is 0 Å². The highest BCUT2D eigenvalue weighted by atomic mass is 16.5. The normalized spacial score (nSPS) is 27.2. The van der Waals surface area contributed by atoms with E-state index in [0.717, 1.165) is 62.8 Å². The van der Waals surface area contributed by atoms with Gasteiger partial charge in [-0.3, -0.25) is 14.5 Å². The van der Waals surface area contributed by atoms with Gasteiger partial charge in [0.15, 0.2) is 0 Å². The van der Waals surface area contributed by atoms with Gasteiger partial charge in [-0.15, -0.1) is 0 Å². The van der Waals surface area contributed by atoms with E-state index in [9.17, 15) is 9.59 Å². The molecule has 1 N–H and O–H groups in total. The second-order valence-corrected chi connectivity index (χ2v) is 12.3. The summed E-state index contributed by atoms with van der Waals surface area (Å²) >= 11 is 0. The van der Waals surface area contributed by atoms with E-state index in [1.165, 1.54) is 63.0 Å². The summed E-state index contributed by atoms with van der Waals surface area (Å²) in [7, 11) is 1.53. The van der Waals surface area contributed by atoms with Crippen molar-refractivity contribution in [2.45, 2.75) is 108 Å². The number of nitrogens with one attached hydrogen (secondary N) is 1. The molecule has 1 aromatic heterocycles. The average Bonchev–Trinajstić information content (AvgIpc) is 3.29. The highest BCUT2D eigenvalue weighted by molar-refractivity contribution is 5.91. The predicted octanol–water partition coefficient (Wildman–Crippen LogP) is 6.70. The monoisotopic (exact) mass is 536 g/mol. The zero-order valence-electron chi connectivity index (χ0n) is 24.1. The second kappa shape index (κ2) is 12.9. The molecule has 1 saturated carbocycles.